The van der Waals surface area contributed by atoms with Crippen molar-refractivity contribution in [1.82, 2.24) is 5.32 Å². The van der Waals surface area contributed by atoms with Gasteiger partial charge in [0.25, 0.3) is 0 Å². The fourth-order valence-electron chi connectivity index (χ4n) is 1.62. The van der Waals surface area contributed by atoms with E-state index in [1.54, 1.807) is 23.5 Å². The van der Waals surface area contributed by atoms with Gasteiger partial charge in [0.1, 0.15) is 11.5 Å². The van der Waals surface area contributed by atoms with Crippen LogP contribution >= 0.6 is 22.9 Å². The molecule has 18 heavy (non-hydrogen) atoms. The van der Waals surface area contributed by atoms with Crippen molar-refractivity contribution in [1.29, 1.82) is 0 Å². The summed E-state index contributed by atoms with van der Waals surface area (Å²) in [4.78, 5) is 1.24. The summed E-state index contributed by atoms with van der Waals surface area (Å²) in [6, 6.07) is 8.53. The van der Waals surface area contributed by atoms with E-state index in [1.165, 1.54) is 10.9 Å². The highest BCUT2D eigenvalue weighted by atomic mass is 35.5. The summed E-state index contributed by atoms with van der Waals surface area (Å²) in [6.07, 6.45) is 0.913. The predicted molar refractivity (Wildman–Crippen MR) is 74.5 cm³/mol. The lowest BCUT2D eigenvalue weighted by Crippen LogP contribution is -2.16. The largest absolute Gasteiger partial charge is 0.508 e. The molecule has 0 saturated carbocycles. The van der Waals surface area contributed by atoms with Crippen molar-refractivity contribution in [2.24, 2.45) is 0 Å². The van der Waals surface area contributed by atoms with Crippen LogP contribution in [0.5, 0.6) is 11.5 Å². The van der Waals surface area contributed by atoms with Crippen molar-refractivity contribution in [3.05, 3.63) is 45.1 Å². The van der Waals surface area contributed by atoms with Crippen molar-refractivity contribution < 1.29 is 10.2 Å². The van der Waals surface area contributed by atoms with Crippen LogP contribution in [-0.4, -0.2) is 16.8 Å². The van der Waals surface area contributed by atoms with Gasteiger partial charge in [0, 0.05) is 29.6 Å². The molecule has 0 spiro atoms. The highest BCUT2D eigenvalue weighted by Crippen LogP contribution is 2.23. The number of hydrogen-bond donors (Lipinski definition) is 3. The molecule has 0 bridgehead atoms. The maximum Gasteiger partial charge on any atom is 0.123 e. The fourth-order valence-corrected chi connectivity index (χ4v) is 2.71. The number of phenols is 2. The topological polar surface area (TPSA) is 52.5 Å². The summed E-state index contributed by atoms with van der Waals surface area (Å²) < 4.78 is 0.807. The SMILES string of the molecule is Oc1ccc(CNCCc2ccc(Cl)s2)c(O)c1. The van der Waals surface area contributed by atoms with E-state index in [2.05, 4.69) is 5.32 Å². The molecule has 1 aromatic carbocycles. The smallest absolute Gasteiger partial charge is 0.123 e. The maximum absolute atomic E-state index is 9.60. The molecule has 0 aliphatic carbocycles. The molecule has 3 N–H and O–H groups in total. The Bertz CT molecular complexity index is 527. The zero-order chi connectivity index (χ0) is 13.0. The van der Waals surface area contributed by atoms with Crippen LogP contribution in [0.4, 0.5) is 0 Å². The van der Waals surface area contributed by atoms with Crippen LogP contribution in [0.2, 0.25) is 4.34 Å². The molecule has 5 heteroatoms. The number of aromatic hydroxyl groups is 2. The molecular weight excluding hydrogens is 270 g/mol. The van der Waals surface area contributed by atoms with Gasteiger partial charge in [0.2, 0.25) is 0 Å². The lowest BCUT2D eigenvalue weighted by molar-refractivity contribution is 0.444. The van der Waals surface area contributed by atoms with Crippen LogP contribution in [-0.2, 0) is 13.0 Å². The Balaban J connectivity index is 1.78. The maximum atomic E-state index is 9.60. The molecule has 3 nitrogen and oxygen atoms in total. The molecule has 0 fully saturated rings. The number of benzene rings is 1. The Hall–Kier alpha value is -1.23. The van der Waals surface area contributed by atoms with Crippen molar-refractivity contribution in [3.8, 4) is 11.5 Å². The lowest BCUT2D eigenvalue weighted by Gasteiger charge is -2.06. The van der Waals surface area contributed by atoms with Crippen LogP contribution in [0.1, 0.15) is 10.4 Å². The molecule has 0 radical (unpaired) electrons. The number of halogens is 1. The lowest BCUT2D eigenvalue weighted by atomic mass is 10.2. The van der Waals surface area contributed by atoms with Gasteiger partial charge in [-0.3, -0.25) is 0 Å². The minimum absolute atomic E-state index is 0.0736. The first-order chi connectivity index (χ1) is 8.65. The van der Waals surface area contributed by atoms with Crippen molar-refractivity contribution in [2.45, 2.75) is 13.0 Å². The first kappa shape index (κ1) is 13.2. The minimum atomic E-state index is 0.0736. The second kappa shape index (κ2) is 6.09. The summed E-state index contributed by atoms with van der Waals surface area (Å²) in [6.45, 7) is 1.39. The Kier molecular flexibility index (Phi) is 4.47. The minimum Gasteiger partial charge on any atom is -0.508 e. The summed E-state index contributed by atoms with van der Waals surface area (Å²) in [5, 5.41) is 22.0. The summed E-state index contributed by atoms with van der Waals surface area (Å²) in [5.74, 6) is 0.186. The molecule has 0 aliphatic heterocycles. The highest BCUT2D eigenvalue weighted by Gasteiger charge is 2.02. The zero-order valence-electron chi connectivity index (χ0n) is 9.69. The molecule has 0 saturated heterocycles. The summed E-state index contributed by atoms with van der Waals surface area (Å²) in [7, 11) is 0. The molecule has 2 rings (SSSR count). The molecule has 0 atom stereocenters. The van der Waals surface area contributed by atoms with Crippen LogP contribution in [0, 0.1) is 0 Å². The Labute approximate surface area is 115 Å². The monoisotopic (exact) mass is 283 g/mol. The average molecular weight is 284 g/mol. The average Bonchev–Trinajstić information content (AvgIpc) is 2.73. The zero-order valence-corrected chi connectivity index (χ0v) is 11.3. The van der Waals surface area contributed by atoms with E-state index in [0.29, 0.717) is 6.54 Å². The van der Waals surface area contributed by atoms with Crippen molar-refractivity contribution in [2.75, 3.05) is 6.54 Å². The third-order valence-corrected chi connectivity index (χ3v) is 3.85. The normalized spacial score (nSPS) is 10.7. The van der Waals surface area contributed by atoms with Crippen LogP contribution in [0.3, 0.4) is 0 Å². The van der Waals surface area contributed by atoms with Gasteiger partial charge in [-0.05, 0) is 24.6 Å². The molecule has 1 aromatic heterocycles. The summed E-state index contributed by atoms with van der Waals surface area (Å²) >= 11 is 7.43. The predicted octanol–water partition coefficient (Wildman–Crippen LogP) is 3.15. The quantitative estimate of drug-likeness (QED) is 0.739. The standard InChI is InChI=1S/C13H14ClNO2S/c14-13-4-3-11(18-13)5-6-15-8-9-1-2-10(16)7-12(9)17/h1-4,7,15-17H,5-6,8H2. The van der Waals surface area contributed by atoms with E-state index in [0.717, 1.165) is 22.9 Å². The Morgan fingerprint density at radius 2 is 2.00 bits per heavy atom. The van der Waals surface area contributed by atoms with E-state index in [1.807, 2.05) is 12.1 Å². The van der Waals surface area contributed by atoms with Gasteiger partial charge in [-0.2, -0.15) is 0 Å². The van der Waals surface area contributed by atoms with Crippen LogP contribution < -0.4 is 5.32 Å². The molecule has 2 aromatic rings. The summed E-state index contributed by atoms with van der Waals surface area (Å²) in [5.41, 5.74) is 0.775. The van der Waals surface area contributed by atoms with Gasteiger partial charge in [-0.25, -0.2) is 0 Å². The van der Waals surface area contributed by atoms with E-state index >= 15 is 0 Å². The van der Waals surface area contributed by atoms with Crippen molar-refractivity contribution >= 4 is 22.9 Å². The van der Waals surface area contributed by atoms with Gasteiger partial charge in [0.15, 0.2) is 0 Å². The molecular formula is C13H14ClNO2S. The van der Waals surface area contributed by atoms with Gasteiger partial charge in [-0.15, -0.1) is 11.3 Å². The third-order valence-electron chi connectivity index (χ3n) is 2.56. The molecule has 0 unspecified atom stereocenters. The first-order valence-corrected chi connectivity index (χ1v) is 6.80. The number of hydrogen-bond acceptors (Lipinski definition) is 4. The van der Waals surface area contributed by atoms with E-state index in [4.69, 9.17) is 16.7 Å². The molecule has 1 heterocycles. The van der Waals surface area contributed by atoms with E-state index < -0.39 is 0 Å². The van der Waals surface area contributed by atoms with Crippen LogP contribution in [0.25, 0.3) is 0 Å². The van der Waals surface area contributed by atoms with Gasteiger partial charge in [-0.1, -0.05) is 17.7 Å². The van der Waals surface area contributed by atoms with Gasteiger partial charge < -0.3 is 15.5 Å². The van der Waals surface area contributed by atoms with E-state index in [-0.39, 0.29) is 11.5 Å². The Morgan fingerprint density at radius 1 is 1.17 bits per heavy atom. The number of nitrogens with one attached hydrogen (secondary N) is 1. The second-order valence-corrected chi connectivity index (χ2v) is 5.75. The number of phenolic OH excluding ortho intramolecular Hbond substituents is 2. The second-order valence-electron chi connectivity index (χ2n) is 3.95. The van der Waals surface area contributed by atoms with Gasteiger partial charge in [0.05, 0.1) is 4.34 Å². The number of rotatable bonds is 5. The van der Waals surface area contributed by atoms with Crippen molar-refractivity contribution in [3.63, 3.8) is 0 Å². The molecule has 96 valence electrons. The molecule has 0 aliphatic rings. The van der Waals surface area contributed by atoms with Gasteiger partial charge >= 0.3 is 0 Å². The van der Waals surface area contributed by atoms with Crippen LogP contribution in [0.15, 0.2) is 30.3 Å². The van der Waals surface area contributed by atoms with E-state index in [9.17, 15) is 5.11 Å². The molecule has 0 amide bonds. The third kappa shape index (κ3) is 3.63. The highest BCUT2D eigenvalue weighted by molar-refractivity contribution is 7.16. The number of thiophene rings is 1. The Morgan fingerprint density at radius 3 is 2.67 bits per heavy atom. The first-order valence-electron chi connectivity index (χ1n) is 5.61. The fraction of sp³-hybridized carbons (Fsp3) is 0.231.